The zero-order valence-corrected chi connectivity index (χ0v) is 12.3. The molecule has 0 rings (SSSR count). The van der Waals surface area contributed by atoms with Gasteiger partial charge in [0.15, 0.2) is 0 Å². The zero-order chi connectivity index (χ0) is 13.2. The number of hydrogen-bond donors (Lipinski definition) is 2. The predicted molar refractivity (Wildman–Crippen MR) is 71.7 cm³/mol. The monoisotopic (exact) mass is 253 g/mol. The number of hydrogen-bond acceptors (Lipinski definition) is 1. The molecule has 0 fully saturated rings. The van der Waals surface area contributed by atoms with Crippen LogP contribution in [0.4, 0.5) is 0 Å². The van der Waals surface area contributed by atoms with Crippen molar-refractivity contribution in [2.24, 2.45) is 0 Å². The SMILES string of the molecule is CCCCCC.CCCCCC.O=[P+](O)O. The molecule has 0 aliphatic rings. The molecule has 0 aromatic rings. The first-order valence-corrected chi connectivity index (χ1v) is 7.58. The summed E-state index contributed by atoms with van der Waals surface area (Å²) in [5.74, 6) is 0. The molecule has 3 nitrogen and oxygen atoms in total. The largest absolute Gasteiger partial charge is 0.692 e. The fourth-order valence-corrected chi connectivity index (χ4v) is 1.000. The van der Waals surface area contributed by atoms with Crippen molar-refractivity contribution in [3.8, 4) is 0 Å². The van der Waals surface area contributed by atoms with Crippen LogP contribution >= 0.6 is 8.25 Å². The summed E-state index contributed by atoms with van der Waals surface area (Å²) in [5, 5.41) is 0. The highest BCUT2D eigenvalue weighted by molar-refractivity contribution is 7.30. The van der Waals surface area contributed by atoms with E-state index in [0.717, 1.165) is 0 Å². The normalized spacial score (nSPS) is 8.38. The molecule has 0 aromatic heterocycles. The predicted octanol–water partition coefficient (Wildman–Crippen LogP) is 4.80. The van der Waals surface area contributed by atoms with Crippen LogP contribution in [-0.2, 0) is 4.57 Å². The molecule has 2 N–H and O–H groups in total. The van der Waals surface area contributed by atoms with E-state index in [0.29, 0.717) is 0 Å². The van der Waals surface area contributed by atoms with Crippen LogP contribution in [0.2, 0.25) is 0 Å². The Balaban J connectivity index is -0.000000162. The van der Waals surface area contributed by atoms with E-state index in [2.05, 4.69) is 27.7 Å². The number of unbranched alkanes of at least 4 members (excludes halogenated alkanes) is 6. The van der Waals surface area contributed by atoms with Crippen molar-refractivity contribution in [1.29, 1.82) is 0 Å². The third kappa shape index (κ3) is 65.6. The summed E-state index contributed by atoms with van der Waals surface area (Å²) in [6.07, 6.45) is 11.1. The van der Waals surface area contributed by atoms with Crippen molar-refractivity contribution in [3.63, 3.8) is 0 Å². The van der Waals surface area contributed by atoms with Gasteiger partial charge in [-0.05, 0) is 0 Å². The highest BCUT2D eigenvalue weighted by Crippen LogP contribution is 1.98. The van der Waals surface area contributed by atoms with Gasteiger partial charge in [-0.25, -0.2) is 0 Å². The quantitative estimate of drug-likeness (QED) is 0.528. The lowest BCUT2D eigenvalue weighted by Gasteiger charge is -1.86. The van der Waals surface area contributed by atoms with Gasteiger partial charge >= 0.3 is 8.25 Å². The van der Waals surface area contributed by atoms with Crippen molar-refractivity contribution in [2.45, 2.75) is 79.1 Å². The molecular formula is C12H30O3P+. The molecule has 0 aliphatic heterocycles. The Hall–Kier alpha value is 0.0200. The maximum Gasteiger partial charge on any atom is 0.692 e. The molecule has 0 heterocycles. The van der Waals surface area contributed by atoms with Crippen LogP contribution in [0.15, 0.2) is 0 Å². The Morgan fingerprint density at radius 2 is 0.812 bits per heavy atom. The van der Waals surface area contributed by atoms with E-state index in [1.807, 2.05) is 0 Å². The average Bonchev–Trinajstić information content (AvgIpc) is 2.23. The van der Waals surface area contributed by atoms with Crippen LogP contribution in [0, 0.1) is 0 Å². The fourth-order valence-electron chi connectivity index (χ4n) is 1.000. The maximum atomic E-state index is 8.70. The van der Waals surface area contributed by atoms with Crippen molar-refractivity contribution in [2.75, 3.05) is 0 Å². The van der Waals surface area contributed by atoms with Crippen LogP contribution in [0.3, 0.4) is 0 Å². The second kappa shape index (κ2) is 24.3. The van der Waals surface area contributed by atoms with E-state index in [4.69, 9.17) is 14.4 Å². The second-order valence-electron chi connectivity index (χ2n) is 3.67. The molecular weight excluding hydrogens is 223 g/mol. The Labute approximate surface area is 102 Å². The third-order valence-electron chi connectivity index (χ3n) is 1.91. The molecule has 0 bridgehead atoms. The van der Waals surface area contributed by atoms with Gasteiger partial charge in [-0.3, -0.25) is 0 Å². The van der Waals surface area contributed by atoms with E-state index in [1.54, 1.807) is 0 Å². The molecule has 0 saturated heterocycles. The van der Waals surface area contributed by atoms with Crippen LogP contribution < -0.4 is 0 Å². The molecule has 0 aromatic carbocycles. The molecule has 0 atom stereocenters. The van der Waals surface area contributed by atoms with Gasteiger partial charge in [-0.2, -0.15) is 0 Å². The Morgan fingerprint density at radius 1 is 0.688 bits per heavy atom. The second-order valence-corrected chi connectivity index (χ2v) is 4.17. The van der Waals surface area contributed by atoms with Crippen LogP contribution in [-0.4, -0.2) is 9.79 Å². The average molecular weight is 253 g/mol. The van der Waals surface area contributed by atoms with E-state index in [1.165, 1.54) is 51.4 Å². The minimum atomic E-state index is -2.87. The van der Waals surface area contributed by atoms with Gasteiger partial charge in [0.1, 0.15) is 0 Å². The van der Waals surface area contributed by atoms with Crippen LogP contribution in [0.25, 0.3) is 0 Å². The van der Waals surface area contributed by atoms with Gasteiger partial charge in [0, 0.05) is 4.57 Å². The Bertz CT molecular complexity index is 98.8. The van der Waals surface area contributed by atoms with E-state index >= 15 is 0 Å². The minimum absolute atomic E-state index is 1.36. The topological polar surface area (TPSA) is 57.5 Å². The van der Waals surface area contributed by atoms with Crippen molar-refractivity contribution >= 4 is 8.25 Å². The third-order valence-corrected chi connectivity index (χ3v) is 1.91. The molecule has 4 heteroatoms. The van der Waals surface area contributed by atoms with Gasteiger partial charge in [-0.15, -0.1) is 9.79 Å². The molecule has 0 unspecified atom stereocenters. The minimum Gasteiger partial charge on any atom is -0.134 e. The highest BCUT2D eigenvalue weighted by atomic mass is 31.1. The van der Waals surface area contributed by atoms with E-state index in [-0.39, 0.29) is 0 Å². The standard InChI is InChI=1S/2C6H14.HO3P/c2*1-3-5-6-4-2;1-4(2)3/h2*3-6H2,1-2H3;(H-,1,2,3)/p+1. The molecule has 0 saturated carbocycles. The fraction of sp³-hybridized carbons (Fsp3) is 1.00. The molecule has 0 radical (unpaired) electrons. The smallest absolute Gasteiger partial charge is 0.134 e. The summed E-state index contributed by atoms with van der Waals surface area (Å²) in [6, 6.07) is 0. The maximum absolute atomic E-state index is 8.70. The summed E-state index contributed by atoms with van der Waals surface area (Å²) in [6.45, 7) is 8.93. The molecule has 100 valence electrons. The van der Waals surface area contributed by atoms with Crippen molar-refractivity contribution < 1.29 is 14.4 Å². The van der Waals surface area contributed by atoms with Crippen LogP contribution in [0.5, 0.6) is 0 Å². The zero-order valence-electron chi connectivity index (χ0n) is 11.4. The summed E-state index contributed by atoms with van der Waals surface area (Å²) < 4.78 is 8.70. The van der Waals surface area contributed by atoms with Gasteiger partial charge in [0.25, 0.3) is 0 Å². The molecule has 16 heavy (non-hydrogen) atoms. The Morgan fingerprint density at radius 3 is 0.875 bits per heavy atom. The lowest BCUT2D eigenvalue weighted by molar-refractivity contribution is 0.405. The Kier molecular flexibility index (Phi) is 32.4. The summed E-state index contributed by atoms with van der Waals surface area (Å²) in [4.78, 5) is 14.2. The molecule has 0 amide bonds. The lowest BCUT2D eigenvalue weighted by Crippen LogP contribution is -1.66. The van der Waals surface area contributed by atoms with Gasteiger partial charge in [-0.1, -0.05) is 79.1 Å². The summed E-state index contributed by atoms with van der Waals surface area (Å²) in [7, 11) is -2.87. The first-order chi connectivity index (χ1) is 7.56. The highest BCUT2D eigenvalue weighted by Gasteiger charge is 1.93. The van der Waals surface area contributed by atoms with Crippen molar-refractivity contribution in [1.82, 2.24) is 0 Å². The van der Waals surface area contributed by atoms with Gasteiger partial charge < -0.3 is 0 Å². The van der Waals surface area contributed by atoms with E-state index in [9.17, 15) is 0 Å². The number of rotatable bonds is 6. The van der Waals surface area contributed by atoms with Gasteiger partial charge in [0.05, 0.1) is 0 Å². The van der Waals surface area contributed by atoms with E-state index < -0.39 is 8.25 Å². The summed E-state index contributed by atoms with van der Waals surface area (Å²) >= 11 is 0. The van der Waals surface area contributed by atoms with Crippen molar-refractivity contribution in [3.05, 3.63) is 0 Å². The lowest BCUT2D eigenvalue weighted by atomic mass is 10.2. The first-order valence-electron chi connectivity index (χ1n) is 6.41. The molecule has 0 aliphatic carbocycles. The van der Waals surface area contributed by atoms with Crippen LogP contribution in [0.1, 0.15) is 79.1 Å². The first kappa shape index (κ1) is 21.3. The molecule has 0 spiro atoms. The summed E-state index contributed by atoms with van der Waals surface area (Å²) in [5.41, 5.74) is 0. The van der Waals surface area contributed by atoms with Gasteiger partial charge in [0.2, 0.25) is 0 Å².